The molecule has 0 heterocycles. The number of nitriles is 1. The lowest BCUT2D eigenvalue weighted by Gasteiger charge is -2.07. The number of carboxylic acid groups (broad SMARTS) is 1. The average Bonchev–Trinajstić information content (AvgIpc) is 2.54. The molecule has 2 aromatic carbocycles. The van der Waals surface area contributed by atoms with E-state index in [1.165, 1.54) is 12.1 Å². The van der Waals surface area contributed by atoms with Gasteiger partial charge >= 0.3 is 5.97 Å². The number of carbonyl (C=O) groups excluding carboxylic acids is 2. The van der Waals surface area contributed by atoms with Crippen LogP contribution in [-0.4, -0.2) is 22.6 Å². The van der Waals surface area contributed by atoms with Gasteiger partial charge in [-0.3, -0.25) is 9.59 Å². The van der Waals surface area contributed by atoms with Crippen LogP contribution in [0.4, 0.5) is 0 Å². The molecule has 0 saturated carbocycles. The summed E-state index contributed by atoms with van der Waals surface area (Å²) in [6, 6.07) is 13.2. The van der Waals surface area contributed by atoms with E-state index in [1.807, 2.05) is 6.07 Å². The molecule has 114 valence electrons. The number of hydrogen-bond donors (Lipinski definition) is 1. The number of carboxylic acids is 1. The first-order valence-corrected chi connectivity index (χ1v) is 6.90. The van der Waals surface area contributed by atoms with Gasteiger partial charge in [0, 0.05) is 11.1 Å². The van der Waals surface area contributed by atoms with Crippen molar-refractivity contribution in [1.29, 1.82) is 5.26 Å². The first kappa shape index (κ1) is 16.4. The maximum atomic E-state index is 12.0. The van der Waals surface area contributed by atoms with Gasteiger partial charge in [-0.1, -0.05) is 41.9 Å². The fraction of sp³-hybridized carbons (Fsp3) is 0.0588. The normalized spacial score (nSPS) is 9.91. The number of hydrogen-bond acceptors (Lipinski definition) is 4. The maximum Gasteiger partial charge on any atom is 0.372 e. The van der Waals surface area contributed by atoms with Crippen LogP contribution in [0.1, 0.15) is 22.3 Å². The first-order chi connectivity index (χ1) is 10.9. The van der Waals surface area contributed by atoms with Crippen LogP contribution in [-0.2, 0) is 9.59 Å². The van der Waals surface area contributed by atoms with Crippen LogP contribution in [0.2, 0.25) is 5.02 Å². The average molecular weight is 328 g/mol. The minimum Gasteiger partial charge on any atom is -0.475 e. The molecule has 23 heavy (non-hydrogen) atoms. The molecule has 1 N–H and O–H groups in total. The summed E-state index contributed by atoms with van der Waals surface area (Å²) in [5.74, 6) is -3.41. The Bertz CT molecular complexity index is 852. The number of ketones is 2. The Kier molecular flexibility index (Phi) is 4.89. The Morgan fingerprint density at radius 1 is 1.13 bits per heavy atom. The summed E-state index contributed by atoms with van der Waals surface area (Å²) in [5.41, 5.74) is 1.61. The topological polar surface area (TPSA) is 95.2 Å². The first-order valence-electron chi connectivity index (χ1n) is 6.52. The highest BCUT2D eigenvalue weighted by atomic mass is 35.5. The summed E-state index contributed by atoms with van der Waals surface area (Å²) in [6.07, 6.45) is -0.709. The lowest BCUT2D eigenvalue weighted by atomic mass is 9.96. The molecule has 0 amide bonds. The standard InChI is InChI=1S/C17H10ClNO4/c18-14-6-2-5-12(13(14)9-19)10-3-1-4-11(7-10)15(20)8-16(21)17(22)23/h1-7H,8H2,(H,22,23). The minimum absolute atomic E-state index is 0.195. The zero-order chi connectivity index (χ0) is 17.0. The molecule has 0 atom stereocenters. The molecule has 0 aromatic heterocycles. The van der Waals surface area contributed by atoms with Crippen LogP contribution < -0.4 is 0 Å². The summed E-state index contributed by atoms with van der Waals surface area (Å²) in [7, 11) is 0. The van der Waals surface area contributed by atoms with Gasteiger partial charge in [0.05, 0.1) is 17.0 Å². The molecule has 0 saturated heterocycles. The van der Waals surface area contributed by atoms with E-state index in [-0.39, 0.29) is 11.1 Å². The minimum atomic E-state index is -1.64. The van der Waals surface area contributed by atoms with Crippen LogP contribution in [0, 0.1) is 11.3 Å². The molecule has 5 nitrogen and oxygen atoms in total. The zero-order valence-electron chi connectivity index (χ0n) is 11.7. The third kappa shape index (κ3) is 3.62. The second kappa shape index (κ2) is 6.86. The lowest BCUT2D eigenvalue weighted by Crippen LogP contribution is -2.17. The Hall–Kier alpha value is -2.97. The Labute approximate surface area is 136 Å². The number of aliphatic carboxylic acids is 1. The van der Waals surface area contributed by atoms with Gasteiger partial charge in [0.2, 0.25) is 5.78 Å². The quantitative estimate of drug-likeness (QED) is 0.517. The number of carbonyl (C=O) groups is 3. The molecule has 6 heteroatoms. The highest BCUT2D eigenvalue weighted by molar-refractivity contribution is 6.37. The summed E-state index contributed by atoms with van der Waals surface area (Å²) in [5, 5.41) is 18.1. The van der Waals surface area contributed by atoms with Crippen molar-refractivity contribution in [2.45, 2.75) is 6.42 Å². The number of nitrogens with zero attached hydrogens (tertiary/aromatic N) is 1. The Morgan fingerprint density at radius 2 is 1.83 bits per heavy atom. The largest absolute Gasteiger partial charge is 0.475 e. The SMILES string of the molecule is N#Cc1c(Cl)cccc1-c1cccc(C(=O)CC(=O)C(=O)O)c1. The fourth-order valence-electron chi connectivity index (χ4n) is 2.06. The van der Waals surface area contributed by atoms with Crippen molar-refractivity contribution in [3.8, 4) is 17.2 Å². The second-order valence-corrected chi connectivity index (χ2v) is 5.09. The number of rotatable bonds is 5. The third-order valence-corrected chi connectivity index (χ3v) is 3.50. The van der Waals surface area contributed by atoms with Gasteiger partial charge in [-0.2, -0.15) is 5.26 Å². The summed E-state index contributed by atoms with van der Waals surface area (Å²) in [4.78, 5) is 33.7. The van der Waals surface area contributed by atoms with Crippen LogP contribution >= 0.6 is 11.6 Å². The van der Waals surface area contributed by atoms with E-state index in [4.69, 9.17) is 16.7 Å². The zero-order valence-corrected chi connectivity index (χ0v) is 12.5. The van der Waals surface area contributed by atoms with Gasteiger partial charge in [-0.05, 0) is 17.7 Å². The number of halogens is 1. The van der Waals surface area contributed by atoms with Crippen molar-refractivity contribution in [2.75, 3.05) is 0 Å². The smallest absolute Gasteiger partial charge is 0.372 e. The van der Waals surface area contributed by atoms with E-state index in [0.717, 1.165) is 0 Å². The molecule has 0 bridgehead atoms. The van der Waals surface area contributed by atoms with E-state index in [2.05, 4.69) is 0 Å². The molecule has 0 radical (unpaired) electrons. The van der Waals surface area contributed by atoms with Gasteiger partial charge in [0.25, 0.3) is 0 Å². The molecule has 0 aliphatic carbocycles. The van der Waals surface area contributed by atoms with Crippen LogP contribution in [0.5, 0.6) is 0 Å². The van der Waals surface area contributed by atoms with Gasteiger partial charge in [0.15, 0.2) is 5.78 Å². The highest BCUT2D eigenvalue weighted by Gasteiger charge is 2.18. The van der Waals surface area contributed by atoms with Crippen molar-refractivity contribution in [2.24, 2.45) is 0 Å². The molecular weight excluding hydrogens is 318 g/mol. The van der Waals surface area contributed by atoms with Crippen LogP contribution in [0.3, 0.4) is 0 Å². The van der Waals surface area contributed by atoms with E-state index in [1.54, 1.807) is 30.3 Å². The van der Waals surface area contributed by atoms with Gasteiger partial charge in [0.1, 0.15) is 6.07 Å². The maximum absolute atomic E-state index is 12.0. The van der Waals surface area contributed by atoms with Crippen LogP contribution in [0.25, 0.3) is 11.1 Å². The highest BCUT2D eigenvalue weighted by Crippen LogP contribution is 2.29. The van der Waals surface area contributed by atoms with E-state index in [9.17, 15) is 19.6 Å². The van der Waals surface area contributed by atoms with E-state index in [0.29, 0.717) is 16.1 Å². The van der Waals surface area contributed by atoms with Gasteiger partial charge < -0.3 is 5.11 Å². The van der Waals surface area contributed by atoms with Crippen molar-refractivity contribution in [1.82, 2.24) is 0 Å². The Balaban J connectivity index is 2.40. The molecule has 2 rings (SSSR count). The van der Waals surface area contributed by atoms with E-state index < -0.39 is 24.0 Å². The molecule has 0 aliphatic heterocycles. The van der Waals surface area contributed by atoms with Crippen molar-refractivity contribution >= 4 is 29.1 Å². The number of Topliss-reactive ketones (excluding diaryl/α,β-unsaturated/α-hetero) is 2. The molecular formula is C17H10ClNO4. The van der Waals surface area contributed by atoms with Crippen molar-refractivity contribution < 1.29 is 19.5 Å². The number of benzene rings is 2. The third-order valence-electron chi connectivity index (χ3n) is 3.18. The van der Waals surface area contributed by atoms with Crippen LogP contribution in [0.15, 0.2) is 42.5 Å². The summed E-state index contributed by atoms with van der Waals surface area (Å²) >= 11 is 5.99. The molecule has 2 aromatic rings. The molecule has 0 spiro atoms. The lowest BCUT2D eigenvalue weighted by molar-refractivity contribution is -0.148. The van der Waals surface area contributed by atoms with Gasteiger partial charge in [-0.25, -0.2) is 4.79 Å². The predicted octanol–water partition coefficient (Wildman–Crippen LogP) is 3.11. The van der Waals surface area contributed by atoms with E-state index >= 15 is 0 Å². The summed E-state index contributed by atoms with van der Waals surface area (Å²) in [6.45, 7) is 0. The predicted molar refractivity (Wildman–Crippen MR) is 83.2 cm³/mol. The second-order valence-electron chi connectivity index (χ2n) is 4.68. The van der Waals surface area contributed by atoms with Gasteiger partial charge in [-0.15, -0.1) is 0 Å². The van der Waals surface area contributed by atoms with Crippen molar-refractivity contribution in [3.05, 3.63) is 58.6 Å². The molecule has 0 aliphatic rings. The molecule has 0 fully saturated rings. The summed E-state index contributed by atoms with van der Waals surface area (Å²) < 4.78 is 0. The molecule has 0 unspecified atom stereocenters. The monoisotopic (exact) mass is 327 g/mol. The Morgan fingerprint density at radius 3 is 2.48 bits per heavy atom. The fourth-order valence-corrected chi connectivity index (χ4v) is 2.28. The van der Waals surface area contributed by atoms with Crippen molar-refractivity contribution in [3.63, 3.8) is 0 Å².